The van der Waals surface area contributed by atoms with Gasteiger partial charge in [-0.05, 0) is 42.0 Å². The summed E-state index contributed by atoms with van der Waals surface area (Å²) in [5.74, 6) is -0.806. The Balaban J connectivity index is 1.77. The van der Waals surface area contributed by atoms with Gasteiger partial charge in [-0.25, -0.2) is 18.7 Å². The number of aromatic nitrogens is 2. The van der Waals surface area contributed by atoms with Gasteiger partial charge in [0.2, 0.25) is 0 Å². The third kappa shape index (κ3) is 4.07. The predicted octanol–water partition coefficient (Wildman–Crippen LogP) is 6.58. The largest absolute Gasteiger partial charge is 0.340 e. The number of hydrogen-bond donors (Lipinski definition) is 1. The van der Waals surface area contributed by atoms with Crippen molar-refractivity contribution < 1.29 is 8.78 Å². The highest BCUT2D eigenvalue weighted by molar-refractivity contribution is 9.10. The van der Waals surface area contributed by atoms with E-state index in [1.54, 1.807) is 0 Å². The normalized spacial score (nSPS) is 11.2. The van der Waals surface area contributed by atoms with Crippen LogP contribution in [0.15, 0.2) is 71.2 Å². The SMILES string of the molecule is Fc1ccc(Nc2nc(/C=C/c3ccccc3)nc3cc(Br)ccc23)cc1F. The molecule has 0 unspecified atom stereocenters. The van der Waals surface area contributed by atoms with Crippen LogP contribution in [0, 0.1) is 11.6 Å². The lowest BCUT2D eigenvalue weighted by atomic mass is 10.2. The lowest BCUT2D eigenvalue weighted by Crippen LogP contribution is -2.00. The molecule has 6 heteroatoms. The van der Waals surface area contributed by atoms with Gasteiger partial charge in [-0.3, -0.25) is 0 Å². The fraction of sp³-hybridized carbons (Fsp3) is 0. The Bertz CT molecular complexity index is 1180. The summed E-state index contributed by atoms with van der Waals surface area (Å²) in [6.45, 7) is 0. The van der Waals surface area contributed by atoms with Crippen molar-refractivity contribution in [2.45, 2.75) is 0 Å². The maximum atomic E-state index is 13.6. The van der Waals surface area contributed by atoms with Crippen molar-refractivity contribution in [1.82, 2.24) is 9.97 Å². The predicted molar refractivity (Wildman–Crippen MR) is 112 cm³/mol. The van der Waals surface area contributed by atoms with Crippen molar-refractivity contribution >= 4 is 50.5 Å². The quantitative estimate of drug-likeness (QED) is 0.391. The van der Waals surface area contributed by atoms with Crippen LogP contribution < -0.4 is 5.32 Å². The first-order chi connectivity index (χ1) is 13.6. The van der Waals surface area contributed by atoms with Crippen molar-refractivity contribution in [2.24, 2.45) is 0 Å². The third-order valence-electron chi connectivity index (χ3n) is 4.08. The number of rotatable bonds is 4. The van der Waals surface area contributed by atoms with Crippen LogP contribution >= 0.6 is 15.9 Å². The molecule has 0 aliphatic heterocycles. The van der Waals surface area contributed by atoms with Gasteiger partial charge in [-0.1, -0.05) is 52.3 Å². The number of hydrogen-bond acceptors (Lipinski definition) is 3. The molecule has 0 aliphatic carbocycles. The van der Waals surface area contributed by atoms with Crippen LogP contribution in [0.5, 0.6) is 0 Å². The average Bonchev–Trinajstić information content (AvgIpc) is 2.69. The molecule has 3 aromatic carbocycles. The summed E-state index contributed by atoms with van der Waals surface area (Å²) in [6.07, 6.45) is 3.73. The van der Waals surface area contributed by atoms with Gasteiger partial charge >= 0.3 is 0 Å². The van der Waals surface area contributed by atoms with Gasteiger partial charge in [0.25, 0.3) is 0 Å². The van der Waals surface area contributed by atoms with Gasteiger partial charge in [0.1, 0.15) is 5.82 Å². The van der Waals surface area contributed by atoms with E-state index in [1.807, 2.05) is 60.7 Å². The molecule has 0 saturated carbocycles. The molecule has 0 bridgehead atoms. The first kappa shape index (κ1) is 18.3. The molecule has 0 fully saturated rings. The number of halogens is 3. The van der Waals surface area contributed by atoms with E-state index in [2.05, 4.69) is 31.2 Å². The van der Waals surface area contributed by atoms with Gasteiger partial charge in [0.05, 0.1) is 5.52 Å². The topological polar surface area (TPSA) is 37.8 Å². The molecule has 28 heavy (non-hydrogen) atoms. The highest BCUT2D eigenvalue weighted by Crippen LogP contribution is 2.27. The fourth-order valence-corrected chi connectivity index (χ4v) is 3.09. The summed E-state index contributed by atoms with van der Waals surface area (Å²) in [5.41, 5.74) is 2.15. The van der Waals surface area contributed by atoms with Crippen molar-refractivity contribution in [1.29, 1.82) is 0 Å². The monoisotopic (exact) mass is 437 g/mol. The fourth-order valence-electron chi connectivity index (χ4n) is 2.74. The van der Waals surface area contributed by atoms with Gasteiger partial charge in [-0.15, -0.1) is 0 Å². The first-order valence-electron chi connectivity index (χ1n) is 8.51. The molecule has 0 spiro atoms. The molecule has 1 heterocycles. The molecular formula is C22H14BrF2N3. The molecule has 0 aliphatic rings. The summed E-state index contributed by atoms with van der Waals surface area (Å²) in [5, 5.41) is 3.83. The van der Waals surface area contributed by atoms with Crippen LogP contribution in [0.4, 0.5) is 20.3 Å². The lowest BCUT2D eigenvalue weighted by molar-refractivity contribution is 0.509. The van der Waals surface area contributed by atoms with E-state index >= 15 is 0 Å². The summed E-state index contributed by atoms with van der Waals surface area (Å²) < 4.78 is 27.7. The number of nitrogens with zero attached hydrogens (tertiary/aromatic N) is 2. The second-order valence-corrected chi connectivity index (χ2v) is 7.01. The molecule has 1 N–H and O–H groups in total. The van der Waals surface area contributed by atoms with E-state index in [9.17, 15) is 8.78 Å². The summed E-state index contributed by atoms with van der Waals surface area (Å²) in [7, 11) is 0. The summed E-state index contributed by atoms with van der Waals surface area (Å²) >= 11 is 3.45. The van der Waals surface area contributed by atoms with Crippen LogP contribution in [0.2, 0.25) is 0 Å². The third-order valence-corrected chi connectivity index (χ3v) is 4.58. The van der Waals surface area contributed by atoms with Crippen LogP contribution in [0.25, 0.3) is 23.1 Å². The van der Waals surface area contributed by atoms with Gasteiger partial charge in [0, 0.05) is 21.6 Å². The van der Waals surface area contributed by atoms with Crippen LogP contribution in [-0.4, -0.2) is 9.97 Å². The second-order valence-electron chi connectivity index (χ2n) is 6.09. The minimum atomic E-state index is -0.921. The van der Waals surface area contributed by atoms with Crippen molar-refractivity contribution in [3.8, 4) is 0 Å². The number of benzene rings is 3. The van der Waals surface area contributed by atoms with Crippen molar-refractivity contribution in [2.75, 3.05) is 5.32 Å². The second kappa shape index (κ2) is 7.86. The minimum Gasteiger partial charge on any atom is -0.340 e. The molecule has 3 nitrogen and oxygen atoms in total. The van der Waals surface area contributed by atoms with Crippen molar-refractivity contribution in [3.05, 3.63) is 94.2 Å². The van der Waals surface area contributed by atoms with Crippen LogP contribution in [0.3, 0.4) is 0 Å². The average molecular weight is 438 g/mol. The van der Waals surface area contributed by atoms with Crippen molar-refractivity contribution in [3.63, 3.8) is 0 Å². The zero-order chi connectivity index (χ0) is 19.5. The van der Waals surface area contributed by atoms with E-state index < -0.39 is 11.6 Å². The molecule has 0 radical (unpaired) electrons. The smallest absolute Gasteiger partial charge is 0.160 e. The summed E-state index contributed by atoms with van der Waals surface area (Å²) in [6, 6.07) is 19.1. The Morgan fingerprint density at radius 1 is 0.821 bits per heavy atom. The van der Waals surface area contributed by atoms with Crippen LogP contribution in [0.1, 0.15) is 11.4 Å². The first-order valence-corrected chi connectivity index (χ1v) is 9.30. The number of anilines is 2. The van der Waals surface area contributed by atoms with E-state index in [4.69, 9.17) is 0 Å². The maximum Gasteiger partial charge on any atom is 0.160 e. The molecular weight excluding hydrogens is 424 g/mol. The Morgan fingerprint density at radius 3 is 2.43 bits per heavy atom. The van der Waals surface area contributed by atoms with E-state index in [0.717, 1.165) is 33.1 Å². The molecule has 4 rings (SSSR count). The van der Waals surface area contributed by atoms with Gasteiger partial charge in [0.15, 0.2) is 17.5 Å². The van der Waals surface area contributed by atoms with Crippen LogP contribution in [-0.2, 0) is 0 Å². The Labute approximate surface area is 168 Å². The standard InChI is InChI=1S/C22H14BrF2N3/c23-15-7-9-17-20(12-15)27-21(11-6-14-4-2-1-3-5-14)28-22(17)26-16-8-10-18(24)19(25)13-16/h1-13H,(H,26,27,28)/b11-6+. The number of fused-ring (bicyclic) bond motifs is 1. The zero-order valence-electron chi connectivity index (χ0n) is 14.5. The molecule has 4 aromatic rings. The summed E-state index contributed by atoms with van der Waals surface area (Å²) in [4.78, 5) is 9.14. The zero-order valence-corrected chi connectivity index (χ0v) is 16.1. The minimum absolute atomic E-state index is 0.403. The molecule has 0 amide bonds. The Morgan fingerprint density at radius 2 is 1.64 bits per heavy atom. The molecule has 1 aromatic heterocycles. The van der Waals surface area contributed by atoms with E-state index in [1.165, 1.54) is 6.07 Å². The highest BCUT2D eigenvalue weighted by Gasteiger charge is 2.09. The highest BCUT2D eigenvalue weighted by atomic mass is 79.9. The molecule has 0 atom stereocenters. The van der Waals surface area contributed by atoms with Gasteiger partial charge < -0.3 is 5.32 Å². The van der Waals surface area contributed by atoms with E-state index in [0.29, 0.717) is 17.3 Å². The molecule has 138 valence electrons. The Hall–Kier alpha value is -3.12. The van der Waals surface area contributed by atoms with Gasteiger partial charge in [-0.2, -0.15) is 0 Å². The lowest BCUT2D eigenvalue weighted by Gasteiger charge is -2.10. The Kier molecular flexibility index (Phi) is 5.12. The van der Waals surface area contributed by atoms with E-state index in [-0.39, 0.29) is 0 Å². The number of nitrogens with one attached hydrogen (secondary N) is 1. The molecule has 0 saturated heterocycles. The maximum absolute atomic E-state index is 13.6.